The van der Waals surface area contributed by atoms with Crippen molar-refractivity contribution in [3.05, 3.63) is 22.2 Å². The SMILES string of the molecule is CS(=O)(=O)N1CCCC(C(=O)Nc2nc3c(Cl)c(Cl)ccc3s2)C1. The number of anilines is 1. The Morgan fingerprint density at radius 1 is 1.42 bits per heavy atom. The van der Waals surface area contributed by atoms with Crippen LogP contribution in [0.25, 0.3) is 10.2 Å². The third kappa shape index (κ3) is 3.67. The van der Waals surface area contributed by atoms with Crippen LogP contribution in [-0.2, 0) is 14.8 Å². The van der Waals surface area contributed by atoms with Crippen LogP contribution in [0.4, 0.5) is 5.13 Å². The highest BCUT2D eigenvalue weighted by Crippen LogP contribution is 2.35. The summed E-state index contributed by atoms with van der Waals surface area (Å²) < 4.78 is 25.5. The second kappa shape index (κ2) is 6.76. The third-order valence-corrected chi connectivity index (χ3v) is 6.91. The highest BCUT2D eigenvalue weighted by Gasteiger charge is 2.30. The van der Waals surface area contributed by atoms with E-state index in [1.807, 2.05) is 0 Å². The van der Waals surface area contributed by atoms with Crippen LogP contribution in [-0.4, -0.2) is 43.0 Å². The number of piperidine rings is 1. The number of nitrogens with one attached hydrogen (secondary N) is 1. The number of rotatable bonds is 3. The summed E-state index contributed by atoms with van der Waals surface area (Å²) in [6, 6.07) is 3.48. The van der Waals surface area contributed by atoms with Gasteiger partial charge in [-0.2, -0.15) is 0 Å². The van der Waals surface area contributed by atoms with E-state index in [1.165, 1.54) is 15.6 Å². The number of hydrogen-bond acceptors (Lipinski definition) is 5. The molecule has 2 aromatic rings. The van der Waals surface area contributed by atoms with E-state index < -0.39 is 10.0 Å². The minimum Gasteiger partial charge on any atom is -0.302 e. The maximum atomic E-state index is 12.4. The molecular weight excluding hydrogens is 393 g/mol. The van der Waals surface area contributed by atoms with Crippen LogP contribution < -0.4 is 5.32 Å². The number of hydrogen-bond donors (Lipinski definition) is 1. The van der Waals surface area contributed by atoms with Gasteiger partial charge in [0.2, 0.25) is 15.9 Å². The van der Waals surface area contributed by atoms with Gasteiger partial charge in [-0.3, -0.25) is 4.79 Å². The van der Waals surface area contributed by atoms with Crippen LogP contribution in [0.2, 0.25) is 10.0 Å². The predicted molar refractivity (Wildman–Crippen MR) is 97.4 cm³/mol. The summed E-state index contributed by atoms with van der Waals surface area (Å²) >= 11 is 13.4. The molecule has 130 valence electrons. The van der Waals surface area contributed by atoms with Gasteiger partial charge in [-0.1, -0.05) is 34.5 Å². The maximum absolute atomic E-state index is 12.4. The lowest BCUT2D eigenvalue weighted by molar-refractivity contribution is -0.120. The molecule has 1 N–H and O–H groups in total. The zero-order chi connectivity index (χ0) is 17.5. The van der Waals surface area contributed by atoms with Crippen molar-refractivity contribution in [3.8, 4) is 0 Å². The highest BCUT2D eigenvalue weighted by atomic mass is 35.5. The molecule has 6 nitrogen and oxygen atoms in total. The Morgan fingerprint density at radius 3 is 2.88 bits per heavy atom. The fourth-order valence-electron chi connectivity index (χ4n) is 2.66. The normalized spacial score (nSPS) is 19.5. The van der Waals surface area contributed by atoms with Crippen molar-refractivity contribution in [2.45, 2.75) is 12.8 Å². The first-order valence-corrected chi connectivity index (χ1v) is 10.7. The first-order valence-electron chi connectivity index (χ1n) is 7.26. The quantitative estimate of drug-likeness (QED) is 0.846. The maximum Gasteiger partial charge on any atom is 0.230 e. The molecular formula is C14H15Cl2N3O3S2. The van der Waals surface area contributed by atoms with Crippen LogP contribution in [0.1, 0.15) is 12.8 Å². The first kappa shape index (κ1) is 17.9. The van der Waals surface area contributed by atoms with Crippen LogP contribution in [0.5, 0.6) is 0 Å². The topological polar surface area (TPSA) is 79.4 Å². The molecule has 1 atom stereocenters. The second-order valence-electron chi connectivity index (χ2n) is 5.68. The summed E-state index contributed by atoms with van der Waals surface area (Å²) in [7, 11) is -3.29. The van der Waals surface area contributed by atoms with Crippen LogP contribution in [0.15, 0.2) is 12.1 Å². The summed E-state index contributed by atoms with van der Waals surface area (Å²) in [5.41, 5.74) is 0.547. The first-order chi connectivity index (χ1) is 11.3. The monoisotopic (exact) mass is 407 g/mol. The number of aromatic nitrogens is 1. The molecule has 10 heteroatoms. The van der Waals surface area contributed by atoms with Gasteiger partial charge in [0, 0.05) is 13.1 Å². The lowest BCUT2D eigenvalue weighted by Gasteiger charge is -2.29. The van der Waals surface area contributed by atoms with Crippen molar-refractivity contribution in [3.63, 3.8) is 0 Å². The van der Waals surface area contributed by atoms with Crippen LogP contribution in [0, 0.1) is 5.92 Å². The molecule has 1 aromatic heterocycles. The molecule has 1 amide bonds. The summed E-state index contributed by atoms with van der Waals surface area (Å²) in [6.45, 7) is 0.653. The Labute approximate surface area is 153 Å². The Balaban J connectivity index is 1.76. The fourth-order valence-corrected chi connectivity index (χ4v) is 4.86. The standard InChI is InChI=1S/C14H15Cl2N3O3S2/c1-24(21,22)19-6-2-3-8(7-19)13(20)18-14-17-12-10(23-14)5-4-9(15)11(12)16/h4-5,8H,2-3,6-7H2,1H3,(H,17,18,20). The van der Waals surface area contributed by atoms with E-state index in [4.69, 9.17) is 23.2 Å². The molecule has 0 spiro atoms. The Hall–Kier alpha value is -0.930. The van der Waals surface area contributed by atoms with Gasteiger partial charge in [0.25, 0.3) is 0 Å². The number of thiazole rings is 1. The van der Waals surface area contributed by atoms with Crippen molar-refractivity contribution < 1.29 is 13.2 Å². The number of halogens is 2. The number of nitrogens with zero attached hydrogens (tertiary/aromatic N) is 2. The van der Waals surface area contributed by atoms with Crippen LogP contribution in [0.3, 0.4) is 0 Å². The number of fused-ring (bicyclic) bond motifs is 1. The van der Waals surface area contributed by atoms with Gasteiger partial charge in [-0.15, -0.1) is 0 Å². The average Bonchev–Trinajstić information content (AvgIpc) is 2.94. The van der Waals surface area contributed by atoms with Crippen molar-refractivity contribution in [2.75, 3.05) is 24.7 Å². The second-order valence-corrected chi connectivity index (χ2v) is 9.47. The molecule has 0 aliphatic carbocycles. The van der Waals surface area contributed by atoms with Crippen molar-refractivity contribution in [1.82, 2.24) is 9.29 Å². The molecule has 0 saturated carbocycles. The van der Waals surface area contributed by atoms with E-state index in [-0.39, 0.29) is 18.4 Å². The van der Waals surface area contributed by atoms with Crippen molar-refractivity contribution in [2.24, 2.45) is 5.92 Å². The molecule has 0 bridgehead atoms. The van der Waals surface area contributed by atoms with E-state index in [0.717, 1.165) is 11.0 Å². The zero-order valence-corrected chi connectivity index (χ0v) is 15.9. The number of sulfonamides is 1. The van der Waals surface area contributed by atoms with E-state index >= 15 is 0 Å². The Kier molecular flexibility index (Phi) is 5.04. The van der Waals surface area contributed by atoms with Gasteiger partial charge in [-0.05, 0) is 25.0 Å². The number of amides is 1. The largest absolute Gasteiger partial charge is 0.302 e. The lowest BCUT2D eigenvalue weighted by Crippen LogP contribution is -2.43. The fraction of sp³-hybridized carbons (Fsp3) is 0.429. The van der Waals surface area contributed by atoms with Gasteiger partial charge in [0.15, 0.2) is 5.13 Å². The van der Waals surface area contributed by atoms with Crippen LogP contribution >= 0.6 is 34.5 Å². The van der Waals surface area contributed by atoms with E-state index in [2.05, 4.69) is 10.3 Å². The van der Waals surface area contributed by atoms with Gasteiger partial charge in [0.05, 0.1) is 26.9 Å². The van der Waals surface area contributed by atoms with E-state index in [0.29, 0.717) is 40.1 Å². The highest BCUT2D eigenvalue weighted by molar-refractivity contribution is 7.88. The zero-order valence-electron chi connectivity index (χ0n) is 12.8. The predicted octanol–water partition coefficient (Wildman–Crippen LogP) is 3.21. The molecule has 1 aromatic carbocycles. The molecule has 24 heavy (non-hydrogen) atoms. The van der Waals surface area contributed by atoms with E-state index in [1.54, 1.807) is 12.1 Å². The number of benzene rings is 1. The van der Waals surface area contributed by atoms with Gasteiger partial charge < -0.3 is 5.32 Å². The minimum atomic E-state index is -3.29. The van der Waals surface area contributed by atoms with Crippen molar-refractivity contribution >= 4 is 65.8 Å². The molecule has 1 aliphatic heterocycles. The summed E-state index contributed by atoms with van der Waals surface area (Å²) in [5.74, 6) is -0.621. The van der Waals surface area contributed by atoms with Gasteiger partial charge in [0.1, 0.15) is 5.52 Å². The molecule has 1 saturated heterocycles. The van der Waals surface area contributed by atoms with Gasteiger partial charge in [-0.25, -0.2) is 17.7 Å². The summed E-state index contributed by atoms with van der Waals surface area (Å²) in [4.78, 5) is 16.8. The van der Waals surface area contributed by atoms with Crippen molar-refractivity contribution in [1.29, 1.82) is 0 Å². The Morgan fingerprint density at radius 2 is 2.17 bits per heavy atom. The van der Waals surface area contributed by atoms with E-state index in [9.17, 15) is 13.2 Å². The molecule has 2 heterocycles. The average molecular weight is 408 g/mol. The summed E-state index contributed by atoms with van der Waals surface area (Å²) in [6.07, 6.45) is 2.47. The Bertz CT molecular complexity index is 898. The van der Waals surface area contributed by atoms with Gasteiger partial charge >= 0.3 is 0 Å². The number of carbonyl (C=O) groups excluding carboxylic acids is 1. The number of carbonyl (C=O) groups is 1. The minimum absolute atomic E-state index is 0.197. The molecule has 1 fully saturated rings. The molecule has 1 unspecified atom stereocenters. The molecule has 1 aliphatic rings. The smallest absolute Gasteiger partial charge is 0.230 e. The lowest BCUT2D eigenvalue weighted by atomic mass is 9.99. The summed E-state index contributed by atoms with van der Waals surface area (Å²) in [5, 5.41) is 3.95. The third-order valence-electron chi connectivity index (χ3n) is 3.91. The molecule has 3 rings (SSSR count). The molecule has 0 radical (unpaired) electrons.